The Kier molecular flexibility index (Phi) is 17.5. The first-order valence-electron chi connectivity index (χ1n) is 12.2. The number of aliphatic carboxylic acids is 1. The topological polar surface area (TPSA) is 113 Å². The van der Waals surface area contributed by atoms with E-state index in [0.29, 0.717) is 29.2 Å². The van der Waals surface area contributed by atoms with Gasteiger partial charge in [-0.25, -0.2) is 0 Å². The van der Waals surface area contributed by atoms with Gasteiger partial charge in [0, 0.05) is 25.0 Å². The van der Waals surface area contributed by atoms with Crippen LogP contribution in [0.4, 0.5) is 0 Å². The van der Waals surface area contributed by atoms with Crippen LogP contribution in [0, 0.1) is 0 Å². The van der Waals surface area contributed by atoms with E-state index in [-0.39, 0.29) is 23.7 Å². The summed E-state index contributed by atoms with van der Waals surface area (Å²) in [6, 6.07) is 30.2. The van der Waals surface area contributed by atoms with Gasteiger partial charge in [0.25, 0.3) is 0 Å². The van der Waals surface area contributed by atoms with Crippen molar-refractivity contribution in [3.05, 3.63) is 109 Å². The quantitative estimate of drug-likeness (QED) is 0.137. The van der Waals surface area contributed by atoms with E-state index in [9.17, 15) is 19.8 Å². The van der Waals surface area contributed by atoms with Crippen LogP contribution in [0.1, 0.15) is 37.0 Å². The second-order valence-corrected chi connectivity index (χ2v) is 12.3. The van der Waals surface area contributed by atoms with Gasteiger partial charge in [0.1, 0.15) is 34.5 Å². The molecule has 208 valence electrons. The van der Waals surface area contributed by atoms with Crippen LogP contribution in [0.5, 0.6) is 34.5 Å². The molecule has 0 saturated carbocycles. The maximum absolute atomic E-state index is 11.5. The number of phenols is 2. The molecule has 4 aromatic rings. The van der Waals surface area contributed by atoms with Crippen molar-refractivity contribution in [2.45, 2.75) is 26.7 Å². The molecule has 0 fully saturated rings. The Hall–Kier alpha value is -3.58. The molecule has 0 bridgehead atoms. The van der Waals surface area contributed by atoms with Gasteiger partial charge in [0.2, 0.25) is 0 Å². The first kappa shape index (κ1) is 34.5. The van der Waals surface area contributed by atoms with Crippen molar-refractivity contribution < 1.29 is 49.5 Å². The number of phenolic OH excluding ortho intramolecular Hbond substituents is 2. The number of hydrogen-bond donors (Lipinski definition) is 3. The van der Waals surface area contributed by atoms with Crippen LogP contribution in [-0.2, 0) is 19.9 Å². The van der Waals surface area contributed by atoms with E-state index in [2.05, 4.69) is 0 Å². The second-order valence-electron chi connectivity index (χ2n) is 7.63. The van der Waals surface area contributed by atoms with Crippen molar-refractivity contribution in [3.8, 4) is 34.5 Å². The Balaban J connectivity index is 0.000000322. The molecule has 4 aromatic carbocycles. The van der Waals surface area contributed by atoms with Crippen LogP contribution in [0.3, 0.4) is 0 Å². The first-order chi connectivity index (χ1) is 19.2. The number of ether oxygens (including phenoxy) is 2. The van der Waals surface area contributed by atoms with E-state index < -0.39 is 21.1 Å². The zero-order valence-electron chi connectivity index (χ0n) is 22.2. The zero-order valence-corrected chi connectivity index (χ0v) is 26.6. The zero-order chi connectivity index (χ0) is 29.8. The molecule has 0 spiro atoms. The molecule has 0 saturated heterocycles. The average Bonchev–Trinajstić information content (AvgIpc) is 2.95. The van der Waals surface area contributed by atoms with Gasteiger partial charge >= 0.3 is 40.5 Å². The number of ketones is 1. The number of benzene rings is 4. The molecular formula is C30H30Cl2O7Zn. The van der Waals surface area contributed by atoms with Crippen molar-refractivity contribution in [2.75, 3.05) is 0 Å². The molecule has 10 heteroatoms. The Bertz CT molecular complexity index is 1290. The third-order valence-corrected chi connectivity index (χ3v) is 4.67. The molecule has 0 aliphatic rings. The molecule has 0 aliphatic carbocycles. The Morgan fingerprint density at radius 2 is 1.12 bits per heavy atom. The van der Waals surface area contributed by atoms with Gasteiger partial charge in [-0.15, -0.1) is 0 Å². The number of carbonyl (C=O) groups excluding carboxylic acids is 1. The summed E-state index contributed by atoms with van der Waals surface area (Å²) < 4.78 is 11.1. The fraction of sp³-hybridized carbons (Fsp3) is 0.133. The number of carboxylic acid groups (broad SMARTS) is 1. The molecule has 0 atom stereocenters. The van der Waals surface area contributed by atoms with Crippen LogP contribution in [-0.4, -0.2) is 27.1 Å². The molecule has 7 nitrogen and oxygen atoms in total. The van der Waals surface area contributed by atoms with Gasteiger partial charge in [-0.05, 0) is 48.5 Å². The van der Waals surface area contributed by atoms with Gasteiger partial charge in [0.15, 0.2) is 5.78 Å². The number of Topliss-reactive ketones (excluding diaryl/α,β-unsaturated/α-hetero) is 1. The Morgan fingerprint density at radius 3 is 1.52 bits per heavy atom. The summed E-state index contributed by atoms with van der Waals surface area (Å²) in [5, 5.41) is 26.7. The summed E-state index contributed by atoms with van der Waals surface area (Å²) in [4.78, 5) is 20.9. The summed E-state index contributed by atoms with van der Waals surface area (Å²) in [5.74, 6) is 1.92. The van der Waals surface area contributed by atoms with Gasteiger partial charge in [-0.3, -0.25) is 9.59 Å². The molecular weight excluding hydrogens is 609 g/mol. The molecule has 40 heavy (non-hydrogen) atoms. The molecule has 0 radical (unpaired) electrons. The predicted molar refractivity (Wildman–Crippen MR) is 153 cm³/mol. The molecule has 0 aliphatic heterocycles. The average molecular weight is 639 g/mol. The third-order valence-electron chi connectivity index (χ3n) is 4.67. The Labute approximate surface area is 249 Å². The van der Waals surface area contributed by atoms with Crippen LogP contribution in [0.2, 0.25) is 0 Å². The maximum atomic E-state index is 11.5. The number of carboxylic acids is 1. The Morgan fingerprint density at radius 1 is 0.675 bits per heavy atom. The molecule has 0 unspecified atom stereocenters. The van der Waals surface area contributed by atoms with Crippen molar-refractivity contribution in [1.29, 1.82) is 0 Å². The normalized spacial score (nSPS) is 9.10. The van der Waals surface area contributed by atoms with Crippen molar-refractivity contribution >= 4 is 31.1 Å². The molecule has 3 N–H and O–H groups in total. The number of halogens is 2. The molecule has 4 rings (SSSR count). The number of rotatable bonds is 7. The van der Waals surface area contributed by atoms with Crippen LogP contribution in [0.25, 0.3) is 0 Å². The number of carbonyl (C=O) groups is 2. The van der Waals surface area contributed by atoms with Crippen LogP contribution in [0.15, 0.2) is 103 Å². The standard InChI is InChI=1S/C15H14O3.C12H10O2.C3H6O2.2ClH.Zn/c1-2-14(16)13-9-8-12(10-15(13)17)18-11-6-4-3-5-7-11;13-10-5-4-8-12(9-10)14-11-6-2-1-3-7-11;1-2-3(4)5;;;/h3-10,17H,2H2,1H3;1-9,13H;2H2,1H3,(H,4,5);2*1H;/q;;;;;+2/p-2. The SMILES string of the molecule is CCC(=O)O.CCC(=O)c1ccc(Oc2ccccc2)cc1O.Oc1cccc(Oc2ccccc2)c1.[Cl][Zn][Cl]. The minimum absolute atomic E-state index is 0.0460. The summed E-state index contributed by atoms with van der Waals surface area (Å²) in [6.45, 7) is 3.36. The van der Waals surface area contributed by atoms with E-state index in [1.807, 2.05) is 60.7 Å². The van der Waals surface area contributed by atoms with E-state index in [0.717, 1.165) is 5.75 Å². The summed E-state index contributed by atoms with van der Waals surface area (Å²) >= 11 is -0.931. The third kappa shape index (κ3) is 14.5. The number of hydrogen-bond acceptors (Lipinski definition) is 6. The van der Waals surface area contributed by atoms with Crippen LogP contribution < -0.4 is 9.47 Å². The van der Waals surface area contributed by atoms with Crippen LogP contribution >= 0.6 is 19.4 Å². The molecule has 0 heterocycles. The fourth-order valence-corrected chi connectivity index (χ4v) is 2.80. The van der Waals surface area contributed by atoms with Gasteiger partial charge in [0.05, 0.1) is 5.56 Å². The van der Waals surface area contributed by atoms with E-state index in [1.54, 1.807) is 50.2 Å². The van der Waals surface area contributed by atoms with Crippen molar-refractivity contribution in [1.82, 2.24) is 0 Å². The number of para-hydroxylation sites is 2. The monoisotopic (exact) mass is 636 g/mol. The first-order valence-corrected chi connectivity index (χ1v) is 20.0. The summed E-state index contributed by atoms with van der Waals surface area (Å²) in [7, 11) is 9.90. The van der Waals surface area contributed by atoms with Gasteiger partial charge in [-0.2, -0.15) is 0 Å². The number of aromatic hydroxyl groups is 2. The summed E-state index contributed by atoms with van der Waals surface area (Å²) in [6.07, 6.45) is 0.590. The summed E-state index contributed by atoms with van der Waals surface area (Å²) in [5.41, 5.74) is 0.331. The molecule has 0 aromatic heterocycles. The second kappa shape index (κ2) is 20.3. The molecule has 0 amide bonds. The van der Waals surface area contributed by atoms with Gasteiger partial charge < -0.3 is 24.8 Å². The van der Waals surface area contributed by atoms with Crippen molar-refractivity contribution in [3.63, 3.8) is 0 Å². The fourth-order valence-electron chi connectivity index (χ4n) is 2.80. The van der Waals surface area contributed by atoms with E-state index in [4.69, 9.17) is 34.0 Å². The minimum atomic E-state index is -0.931. The van der Waals surface area contributed by atoms with Crippen molar-refractivity contribution in [2.24, 2.45) is 0 Å². The van der Waals surface area contributed by atoms with Gasteiger partial charge in [-0.1, -0.05) is 56.3 Å². The van der Waals surface area contributed by atoms with E-state index in [1.165, 1.54) is 6.07 Å². The predicted octanol–water partition coefficient (Wildman–Crippen LogP) is 8.82. The van der Waals surface area contributed by atoms with E-state index >= 15 is 0 Å².